The predicted molar refractivity (Wildman–Crippen MR) is 127 cm³/mol. The van der Waals surface area contributed by atoms with Gasteiger partial charge in [0.15, 0.2) is 17.4 Å². The third kappa shape index (κ3) is 6.14. The molecule has 1 aliphatic rings. The molecule has 2 unspecified atom stereocenters. The molecule has 3 aromatic rings. The van der Waals surface area contributed by atoms with E-state index >= 15 is 0 Å². The van der Waals surface area contributed by atoms with Crippen LogP contribution in [0, 0.1) is 5.82 Å². The van der Waals surface area contributed by atoms with E-state index in [0.717, 1.165) is 11.6 Å². The third-order valence-electron chi connectivity index (χ3n) is 5.51. The van der Waals surface area contributed by atoms with Gasteiger partial charge in [-0.25, -0.2) is 9.37 Å². The Morgan fingerprint density at radius 1 is 1.31 bits per heavy atom. The molecule has 2 aromatic carbocycles. The third-order valence-corrected chi connectivity index (χ3v) is 5.75. The van der Waals surface area contributed by atoms with E-state index in [2.05, 4.69) is 20.6 Å². The summed E-state index contributed by atoms with van der Waals surface area (Å²) in [6, 6.07) is 9.37. The highest BCUT2D eigenvalue weighted by Crippen LogP contribution is 2.26. The molecular weight excluding hydrogens is 479 g/mol. The van der Waals surface area contributed by atoms with Crippen molar-refractivity contribution in [3.8, 4) is 5.75 Å². The molecule has 1 saturated heterocycles. The monoisotopic (exact) mass is 502 g/mol. The fourth-order valence-corrected chi connectivity index (χ4v) is 4.14. The fraction of sp³-hybridized carbons (Fsp3) is 0.333. The van der Waals surface area contributed by atoms with Crippen LogP contribution in [0.3, 0.4) is 0 Å². The zero-order chi connectivity index (χ0) is 24.9. The smallest absolute Gasteiger partial charge is 0.287 e. The Morgan fingerprint density at radius 3 is 2.91 bits per heavy atom. The highest BCUT2D eigenvalue weighted by Gasteiger charge is 2.26. The standard InChI is InChI=1S/C24H24ClFN4O5/c1-13(31)28-16-10-17(35-12-16)7-8-34-21-18(26)5-6-19-20(21)23(32)30-22(29-19)24(33)27-11-14-3-2-4-15(25)9-14/h2-6,9,16-17H,7-8,10-12H2,1H3,(H,27,33)(H,28,31)(H,29,30,32). The van der Waals surface area contributed by atoms with Crippen LogP contribution in [-0.4, -0.2) is 47.1 Å². The summed E-state index contributed by atoms with van der Waals surface area (Å²) in [6.45, 7) is 2.12. The maximum absolute atomic E-state index is 14.5. The van der Waals surface area contributed by atoms with Gasteiger partial charge in [-0.2, -0.15) is 0 Å². The number of halogens is 2. The average molecular weight is 503 g/mol. The van der Waals surface area contributed by atoms with Crippen molar-refractivity contribution in [2.75, 3.05) is 13.2 Å². The van der Waals surface area contributed by atoms with E-state index in [9.17, 15) is 18.8 Å². The molecule has 2 amide bonds. The number of H-pyrrole nitrogens is 1. The van der Waals surface area contributed by atoms with Gasteiger partial charge >= 0.3 is 0 Å². The van der Waals surface area contributed by atoms with Crippen molar-refractivity contribution in [3.63, 3.8) is 0 Å². The Morgan fingerprint density at radius 2 is 2.14 bits per heavy atom. The second kappa shape index (κ2) is 10.8. The summed E-state index contributed by atoms with van der Waals surface area (Å²) in [7, 11) is 0. The minimum atomic E-state index is -0.716. The van der Waals surface area contributed by atoms with Gasteiger partial charge in [0, 0.05) is 24.9 Å². The maximum Gasteiger partial charge on any atom is 0.287 e. The van der Waals surface area contributed by atoms with E-state index in [1.165, 1.54) is 13.0 Å². The van der Waals surface area contributed by atoms with E-state index < -0.39 is 17.3 Å². The number of nitrogens with one attached hydrogen (secondary N) is 3. The first-order valence-electron chi connectivity index (χ1n) is 11.1. The number of carbonyl (C=O) groups is 2. The zero-order valence-electron chi connectivity index (χ0n) is 18.9. The van der Waals surface area contributed by atoms with Gasteiger partial charge in [-0.05, 0) is 36.2 Å². The van der Waals surface area contributed by atoms with E-state index in [0.29, 0.717) is 24.5 Å². The van der Waals surface area contributed by atoms with Crippen LogP contribution in [0.15, 0.2) is 41.2 Å². The molecule has 3 N–H and O–H groups in total. The van der Waals surface area contributed by atoms with Crippen molar-refractivity contribution >= 4 is 34.3 Å². The summed E-state index contributed by atoms with van der Waals surface area (Å²) in [5, 5.41) is 5.92. The molecule has 184 valence electrons. The van der Waals surface area contributed by atoms with Crippen molar-refractivity contribution in [1.29, 1.82) is 0 Å². The number of hydrogen-bond donors (Lipinski definition) is 3. The van der Waals surface area contributed by atoms with E-state index in [1.807, 2.05) is 0 Å². The number of hydrogen-bond acceptors (Lipinski definition) is 6. The fourth-order valence-electron chi connectivity index (χ4n) is 3.93. The van der Waals surface area contributed by atoms with Crippen LogP contribution in [0.2, 0.25) is 5.02 Å². The second-order valence-electron chi connectivity index (χ2n) is 8.22. The molecule has 2 heterocycles. The largest absolute Gasteiger partial charge is 0.489 e. The average Bonchev–Trinajstić information content (AvgIpc) is 3.25. The number of benzene rings is 2. The number of aromatic amines is 1. The molecule has 0 saturated carbocycles. The lowest BCUT2D eigenvalue weighted by molar-refractivity contribution is -0.119. The summed E-state index contributed by atoms with van der Waals surface area (Å²) in [5.41, 5.74) is 0.211. The van der Waals surface area contributed by atoms with Crippen molar-refractivity contribution < 1.29 is 23.5 Å². The minimum absolute atomic E-state index is 0.0673. The molecule has 1 aliphatic heterocycles. The van der Waals surface area contributed by atoms with Crippen molar-refractivity contribution in [1.82, 2.24) is 20.6 Å². The van der Waals surface area contributed by atoms with Crippen LogP contribution in [0.5, 0.6) is 5.75 Å². The summed E-state index contributed by atoms with van der Waals surface area (Å²) in [6.07, 6.45) is 0.911. The molecule has 1 aromatic heterocycles. The minimum Gasteiger partial charge on any atom is -0.489 e. The van der Waals surface area contributed by atoms with Gasteiger partial charge in [-0.15, -0.1) is 0 Å². The van der Waals surface area contributed by atoms with Gasteiger partial charge in [-0.1, -0.05) is 23.7 Å². The first-order chi connectivity index (χ1) is 16.8. The van der Waals surface area contributed by atoms with Gasteiger partial charge in [0.05, 0.1) is 30.9 Å². The SMILES string of the molecule is CC(=O)NC1COC(CCOc2c(F)ccc3nc(C(=O)NCc4cccc(Cl)c4)[nH]c(=O)c23)C1. The summed E-state index contributed by atoms with van der Waals surface area (Å²) >= 11 is 5.95. The Kier molecular flexibility index (Phi) is 7.62. The van der Waals surface area contributed by atoms with Gasteiger partial charge < -0.3 is 25.1 Å². The lowest BCUT2D eigenvalue weighted by Gasteiger charge is -2.13. The van der Waals surface area contributed by atoms with Crippen LogP contribution in [0.25, 0.3) is 10.9 Å². The molecule has 1 fully saturated rings. The normalized spacial score (nSPS) is 17.3. The molecule has 0 spiro atoms. The summed E-state index contributed by atoms with van der Waals surface area (Å²) in [4.78, 5) is 43.1. The van der Waals surface area contributed by atoms with E-state index in [4.69, 9.17) is 21.1 Å². The van der Waals surface area contributed by atoms with E-state index in [1.54, 1.807) is 24.3 Å². The Balaban J connectivity index is 1.44. The first kappa shape index (κ1) is 24.6. The maximum atomic E-state index is 14.5. The molecule has 4 rings (SSSR count). The van der Waals surface area contributed by atoms with Crippen LogP contribution >= 0.6 is 11.6 Å². The number of carbonyl (C=O) groups excluding carboxylic acids is 2. The predicted octanol–water partition coefficient (Wildman–Crippen LogP) is 2.71. The molecule has 0 bridgehead atoms. The zero-order valence-corrected chi connectivity index (χ0v) is 19.7. The van der Waals surface area contributed by atoms with Crippen LogP contribution in [-0.2, 0) is 16.1 Å². The molecule has 2 atom stereocenters. The van der Waals surface area contributed by atoms with Gasteiger partial charge in [0.1, 0.15) is 5.39 Å². The van der Waals surface area contributed by atoms with Crippen LogP contribution in [0.1, 0.15) is 35.9 Å². The summed E-state index contributed by atoms with van der Waals surface area (Å²) < 4.78 is 25.8. The van der Waals surface area contributed by atoms with Gasteiger partial charge in [0.2, 0.25) is 5.91 Å². The Bertz CT molecular complexity index is 1310. The lowest BCUT2D eigenvalue weighted by atomic mass is 10.1. The number of aromatic nitrogens is 2. The summed E-state index contributed by atoms with van der Waals surface area (Å²) in [5.74, 6) is -1.88. The quantitative estimate of drug-likeness (QED) is 0.435. The second-order valence-corrected chi connectivity index (χ2v) is 8.66. The van der Waals surface area contributed by atoms with Gasteiger partial charge in [0.25, 0.3) is 11.5 Å². The van der Waals surface area contributed by atoms with Crippen molar-refractivity contribution in [3.05, 3.63) is 69.0 Å². The Hall–Kier alpha value is -3.50. The van der Waals surface area contributed by atoms with Crippen molar-refractivity contribution in [2.24, 2.45) is 0 Å². The number of rotatable bonds is 8. The molecular formula is C24H24ClFN4O5. The molecule has 35 heavy (non-hydrogen) atoms. The Labute approximate surface area is 205 Å². The molecule has 0 aliphatic carbocycles. The lowest BCUT2D eigenvalue weighted by Crippen LogP contribution is -2.33. The van der Waals surface area contributed by atoms with E-state index in [-0.39, 0.29) is 53.7 Å². The highest BCUT2D eigenvalue weighted by atomic mass is 35.5. The number of ether oxygens (including phenoxy) is 2. The highest BCUT2D eigenvalue weighted by molar-refractivity contribution is 6.30. The van der Waals surface area contributed by atoms with Crippen LogP contribution in [0.4, 0.5) is 4.39 Å². The number of amides is 2. The van der Waals surface area contributed by atoms with Crippen LogP contribution < -0.4 is 20.9 Å². The van der Waals surface area contributed by atoms with Gasteiger partial charge in [-0.3, -0.25) is 14.4 Å². The van der Waals surface area contributed by atoms with Crippen molar-refractivity contribution in [2.45, 2.75) is 38.5 Å². The number of nitrogens with zero attached hydrogens (tertiary/aromatic N) is 1. The topological polar surface area (TPSA) is 122 Å². The number of fused-ring (bicyclic) bond motifs is 1. The molecule has 0 radical (unpaired) electrons. The molecule has 9 nitrogen and oxygen atoms in total. The molecule has 11 heteroatoms. The first-order valence-corrected chi connectivity index (χ1v) is 11.4.